The van der Waals surface area contributed by atoms with Gasteiger partial charge in [0, 0.05) is 28.6 Å². The lowest BCUT2D eigenvalue weighted by molar-refractivity contribution is -0.664. The van der Waals surface area contributed by atoms with Crippen LogP contribution in [0.4, 0.5) is 87.8 Å². The molecule has 1 N–H and O–H groups in total. The Labute approximate surface area is 410 Å². The summed E-state index contributed by atoms with van der Waals surface area (Å²) < 4.78 is 296. The smallest absolute Gasteiger partial charge is 0.335 e. The molecule has 1 aromatic heterocycles. The molecular weight excluding hydrogens is 1070 g/mol. The highest BCUT2D eigenvalue weighted by Gasteiger charge is 2.52. The van der Waals surface area contributed by atoms with Gasteiger partial charge in [-0.25, -0.2) is 92.6 Å². The molecule has 0 unspecified atom stereocenters. The number of carboxylic acid groups (broad SMARTS) is 1. The maximum absolute atomic E-state index is 15.4. The first-order chi connectivity index (χ1) is 35.7. The number of aromatic nitrogens is 1. The molecule has 0 bridgehead atoms. The maximum atomic E-state index is 15.4. The summed E-state index contributed by atoms with van der Waals surface area (Å²) in [5.41, 5.74) is -11.8. The molecule has 76 heavy (non-hydrogen) atoms. The molecule has 0 spiro atoms. The summed E-state index contributed by atoms with van der Waals surface area (Å²) in [6, 6.07) is 26.5. The highest BCUT2D eigenvalue weighted by atomic mass is 19.2. The maximum Gasteiger partial charge on any atom is 0.335 e. The van der Waals surface area contributed by atoms with Crippen LogP contribution >= 0.6 is 0 Å². The van der Waals surface area contributed by atoms with Crippen LogP contribution in [-0.4, -0.2) is 28.8 Å². The van der Waals surface area contributed by atoms with Gasteiger partial charge in [0.2, 0.25) is 17.8 Å². The van der Waals surface area contributed by atoms with E-state index in [0.29, 0.717) is 16.8 Å². The lowest BCUT2D eigenvalue weighted by Crippen LogP contribution is -2.81. The minimum atomic E-state index is -7.22. The molecule has 0 radical (unpaired) electrons. The normalized spacial score (nSPS) is 11.5. The van der Waals surface area contributed by atoms with Crippen molar-refractivity contribution in [2.24, 2.45) is 0 Å². The van der Waals surface area contributed by atoms with Gasteiger partial charge in [0.1, 0.15) is 52.7 Å². The number of benzene rings is 7. The fourth-order valence-corrected chi connectivity index (χ4v) is 8.47. The van der Waals surface area contributed by atoms with Gasteiger partial charge in [-0.3, -0.25) is 9.59 Å². The van der Waals surface area contributed by atoms with Crippen molar-refractivity contribution in [3.8, 4) is 0 Å². The second-order valence-corrected chi connectivity index (χ2v) is 16.0. The molecule has 8 rings (SSSR count). The predicted octanol–water partition coefficient (Wildman–Crippen LogP) is 9.98. The first-order valence-corrected chi connectivity index (χ1v) is 20.8. The number of rotatable bonds is 11. The van der Waals surface area contributed by atoms with E-state index in [4.69, 9.17) is 0 Å². The number of halogens is 20. The fraction of sp³-hybridized carbons (Fsp3) is 0.0400. The third-order valence-corrected chi connectivity index (χ3v) is 11.9. The summed E-state index contributed by atoms with van der Waals surface area (Å²) >= 11 is 0. The predicted molar refractivity (Wildman–Crippen MR) is 226 cm³/mol. The lowest BCUT2D eigenvalue weighted by atomic mass is 9.12. The van der Waals surface area contributed by atoms with Crippen LogP contribution in [0.5, 0.6) is 0 Å². The number of pyridine rings is 1. The van der Waals surface area contributed by atoms with Crippen molar-refractivity contribution >= 4 is 56.4 Å². The van der Waals surface area contributed by atoms with E-state index in [0.717, 1.165) is 10.9 Å². The molecular formula is C50H20BF20NO4. The number of Topliss-reactive ketones (excluding diaryl/α,β-unsaturated/α-hetero) is 2. The highest BCUT2D eigenvalue weighted by molar-refractivity contribution is 7.20. The molecule has 0 aliphatic rings. The summed E-state index contributed by atoms with van der Waals surface area (Å²) in [5, 5.41) is 10.2. The largest absolute Gasteiger partial charge is 0.478 e. The van der Waals surface area contributed by atoms with Crippen molar-refractivity contribution in [3.63, 3.8) is 0 Å². The third kappa shape index (κ3) is 9.03. The number of nitrogens with zero attached hydrogens (tertiary/aromatic N) is 1. The molecule has 26 heteroatoms. The number of carboxylic acids is 1. The van der Waals surface area contributed by atoms with Gasteiger partial charge in [0.05, 0.1) is 12.0 Å². The number of carbonyl (C=O) groups excluding carboxylic acids is 2. The Morgan fingerprint density at radius 1 is 0.355 bits per heavy atom. The minimum Gasteiger partial charge on any atom is -0.478 e. The van der Waals surface area contributed by atoms with E-state index in [1.165, 1.54) is 12.1 Å². The monoisotopic (exact) mass is 1090 g/mol. The van der Waals surface area contributed by atoms with Crippen LogP contribution in [0.1, 0.15) is 36.8 Å². The Bertz CT molecular complexity index is 3370. The van der Waals surface area contributed by atoms with Gasteiger partial charge in [0.15, 0.2) is 81.3 Å². The fourth-order valence-electron chi connectivity index (χ4n) is 8.47. The van der Waals surface area contributed by atoms with Gasteiger partial charge < -0.3 is 5.11 Å². The molecule has 0 saturated carbocycles. The van der Waals surface area contributed by atoms with E-state index < -0.39 is 150 Å². The molecule has 392 valence electrons. The summed E-state index contributed by atoms with van der Waals surface area (Å²) in [5.74, 6) is -72.7. The Hall–Kier alpha value is -8.58. The Morgan fingerprint density at radius 2 is 0.684 bits per heavy atom. The van der Waals surface area contributed by atoms with Crippen molar-refractivity contribution in [3.05, 3.63) is 230 Å². The van der Waals surface area contributed by atoms with E-state index >= 15 is 35.1 Å². The average molecular weight is 1090 g/mol. The minimum absolute atomic E-state index is 0.0516. The topological polar surface area (TPSA) is 75.3 Å². The molecule has 7 aromatic carbocycles. The highest BCUT2D eigenvalue weighted by Crippen LogP contribution is 2.31. The molecule has 5 nitrogen and oxygen atoms in total. The van der Waals surface area contributed by atoms with Gasteiger partial charge in [-0.1, -0.05) is 54.6 Å². The SMILES string of the molecule is Fc1c(F)c(F)c([B-](c2c(F)c(F)c(F)c(F)c2F)(c2c(F)c(F)c(F)c(F)c2F)c2c(F)c(F)c(F)c(F)c2F)c(F)c1F.O=C(O)c1cccc(C(=O)Cc2ccc3ccccc3[n+]2CC(=O)c2ccccc2)c1. The lowest BCUT2D eigenvalue weighted by Gasteiger charge is -2.44. The Kier molecular flexibility index (Phi) is 15.2. The van der Waals surface area contributed by atoms with Crippen molar-refractivity contribution in [1.82, 2.24) is 0 Å². The molecule has 0 amide bonds. The second kappa shape index (κ2) is 21.0. The van der Waals surface area contributed by atoms with Gasteiger partial charge >= 0.3 is 5.97 Å². The van der Waals surface area contributed by atoms with Gasteiger partial charge in [-0.05, 0) is 24.3 Å². The molecule has 1 heterocycles. The summed E-state index contributed by atoms with van der Waals surface area (Å²) in [6.45, 7) is 0.100. The quantitative estimate of drug-likeness (QED) is 0.0350. The van der Waals surface area contributed by atoms with E-state index in [1.807, 2.05) is 59.2 Å². The molecule has 0 saturated heterocycles. The number of aromatic carboxylic acids is 1. The van der Waals surface area contributed by atoms with Crippen LogP contribution in [0.2, 0.25) is 0 Å². The van der Waals surface area contributed by atoms with E-state index in [1.54, 1.807) is 24.3 Å². The number of para-hydroxylation sites is 1. The number of hydrogen-bond acceptors (Lipinski definition) is 3. The first-order valence-electron chi connectivity index (χ1n) is 20.8. The van der Waals surface area contributed by atoms with Crippen LogP contribution in [0, 0.1) is 116 Å². The van der Waals surface area contributed by atoms with Crippen LogP contribution in [-0.2, 0) is 13.0 Å². The molecule has 0 aliphatic carbocycles. The Balaban J connectivity index is 0.000000236. The summed E-state index contributed by atoms with van der Waals surface area (Å²) in [7, 11) is 0. The number of hydrogen-bond donors (Lipinski definition) is 1. The van der Waals surface area contributed by atoms with Gasteiger partial charge in [-0.2, -0.15) is 4.57 Å². The van der Waals surface area contributed by atoms with Crippen LogP contribution in [0.3, 0.4) is 0 Å². The first kappa shape index (κ1) is 55.2. The van der Waals surface area contributed by atoms with E-state index in [9.17, 15) is 72.2 Å². The van der Waals surface area contributed by atoms with Crippen LogP contribution < -0.4 is 26.4 Å². The number of ketones is 2. The number of carbonyl (C=O) groups is 3. The average Bonchev–Trinajstić information content (AvgIpc) is 3.59. The van der Waals surface area contributed by atoms with Crippen molar-refractivity contribution in [1.29, 1.82) is 0 Å². The number of fused-ring (bicyclic) bond motifs is 1. The zero-order chi connectivity index (χ0) is 56.2. The van der Waals surface area contributed by atoms with Crippen molar-refractivity contribution in [2.75, 3.05) is 0 Å². The van der Waals surface area contributed by atoms with Crippen LogP contribution in [0.15, 0.2) is 91.0 Å². The van der Waals surface area contributed by atoms with Gasteiger partial charge in [0.25, 0.3) is 0 Å². The zero-order valence-electron chi connectivity index (χ0n) is 36.8. The summed E-state index contributed by atoms with van der Waals surface area (Å²) in [4.78, 5) is 37.1. The molecule has 8 aromatic rings. The van der Waals surface area contributed by atoms with E-state index in [-0.39, 0.29) is 30.1 Å². The summed E-state index contributed by atoms with van der Waals surface area (Å²) in [6.07, 6.45) is -7.17. The third-order valence-electron chi connectivity index (χ3n) is 11.9. The molecule has 0 aliphatic heterocycles. The van der Waals surface area contributed by atoms with Crippen molar-refractivity contribution < 1.29 is 112 Å². The van der Waals surface area contributed by atoms with Gasteiger partial charge in [-0.15, -0.1) is 21.9 Å². The Morgan fingerprint density at radius 3 is 1.07 bits per heavy atom. The second-order valence-electron chi connectivity index (χ2n) is 16.0. The van der Waals surface area contributed by atoms with E-state index in [2.05, 4.69) is 0 Å². The standard InChI is InChI=1S/C26H19NO4.C24BF20/c28-24(20-10-6-11-21(15-20)26(30)31)16-22-14-13-18-7-4-5-12-23(18)27(22)17-25(29)19-8-2-1-3-9-19;26-5-1(6(27)14(35)21(42)13(5)34)25(2-7(28)15(36)22(43)16(37)8(2)29,3-9(30)17(38)23(44)18(39)10(3)31)4-11(32)19(40)24(45)20(41)12(4)33/h1-15H,16-17H2;/q;-1/p+1. The molecule has 0 fully saturated rings. The molecule has 0 atom stereocenters. The van der Waals surface area contributed by atoms with Crippen molar-refractivity contribution in [2.45, 2.75) is 13.0 Å². The van der Waals surface area contributed by atoms with Crippen LogP contribution in [0.25, 0.3) is 10.9 Å². The zero-order valence-corrected chi connectivity index (χ0v) is 36.8.